The van der Waals surface area contributed by atoms with Crippen LogP contribution in [0.25, 0.3) is 11.3 Å². The fourth-order valence-corrected chi connectivity index (χ4v) is 3.26. The molecule has 0 atom stereocenters. The highest BCUT2D eigenvalue weighted by atomic mass is 16.1. The molecule has 3 aromatic rings. The van der Waals surface area contributed by atoms with E-state index in [1.54, 1.807) is 0 Å². The average Bonchev–Trinajstić information content (AvgIpc) is 2.91. The molecule has 0 fully saturated rings. The molecule has 0 aromatic heterocycles. The Morgan fingerprint density at radius 1 is 0.720 bits per heavy atom. The van der Waals surface area contributed by atoms with Crippen molar-refractivity contribution in [1.82, 2.24) is 0 Å². The van der Waals surface area contributed by atoms with Crippen molar-refractivity contribution < 1.29 is 4.79 Å². The number of carbonyl (C=O) groups is 1. The predicted octanol–water partition coefficient (Wildman–Crippen LogP) is 5.48. The maximum atomic E-state index is 13.0. The third-order valence-electron chi connectivity index (χ3n) is 4.76. The van der Waals surface area contributed by atoms with Crippen LogP contribution in [-0.2, 0) is 0 Å². The van der Waals surface area contributed by atoms with Gasteiger partial charge in [0, 0.05) is 16.8 Å². The number of fused-ring (bicyclic) bond motifs is 1. The molecule has 25 heavy (non-hydrogen) atoms. The molecule has 4 rings (SSSR count). The molecule has 1 aliphatic carbocycles. The van der Waals surface area contributed by atoms with Gasteiger partial charge in [-0.2, -0.15) is 0 Å². The Morgan fingerprint density at radius 2 is 1.40 bits per heavy atom. The average molecular weight is 325 g/mol. The van der Waals surface area contributed by atoms with E-state index in [-0.39, 0.29) is 5.78 Å². The lowest BCUT2D eigenvalue weighted by Crippen LogP contribution is -2.01. The first-order chi connectivity index (χ1) is 12.1. The lowest BCUT2D eigenvalue weighted by atomic mass is 10.0. The molecule has 1 aliphatic rings. The molecule has 1 N–H and O–H groups in total. The fraction of sp³-hybridized carbons (Fsp3) is 0.0870. The molecule has 0 heterocycles. The third kappa shape index (κ3) is 2.66. The van der Waals surface area contributed by atoms with Gasteiger partial charge in [0.2, 0.25) is 0 Å². The topological polar surface area (TPSA) is 29.1 Å². The zero-order valence-corrected chi connectivity index (χ0v) is 14.3. The van der Waals surface area contributed by atoms with E-state index < -0.39 is 0 Å². The Hall–Kier alpha value is -3.13. The number of hydrogen-bond donors (Lipinski definition) is 1. The minimum Gasteiger partial charge on any atom is -0.354 e. The van der Waals surface area contributed by atoms with Gasteiger partial charge >= 0.3 is 0 Å². The molecule has 0 radical (unpaired) electrons. The van der Waals surface area contributed by atoms with Crippen molar-refractivity contribution in [1.29, 1.82) is 0 Å². The van der Waals surface area contributed by atoms with Gasteiger partial charge in [-0.05, 0) is 42.7 Å². The van der Waals surface area contributed by atoms with Gasteiger partial charge in [0.25, 0.3) is 0 Å². The summed E-state index contributed by atoms with van der Waals surface area (Å²) in [4.78, 5) is 13.0. The molecule has 0 saturated heterocycles. The Labute approximate surface area is 147 Å². The van der Waals surface area contributed by atoms with Crippen LogP contribution in [-0.4, -0.2) is 5.78 Å². The molecule has 0 spiro atoms. The number of aryl methyl sites for hydroxylation is 2. The summed E-state index contributed by atoms with van der Waals surface area (Å²) in [5.41, 5.74) is 7.76. The van der Waals surface area contributed by atoms with E-state index in [4.69, 9.17) is 0 Å². The van der Waals surface area contributed by atoms with E-state index in [1.165, 1.54) is 11.1 Å². The van der Waals surface area contributed by atoms with Crippen LogP contribution < -0.4 is 5.32 Å². The third-order valence-corrected chi connectivity index (χ3v) is 4.76. The molecular weight excluding hydrogens is 306 g/mol. The maximum absolute atomic E-state index is 13.0. The monoisotopic (exact) mass is 325 g/mol. The van der Waals surface area contributed by atoms with E-state index in [0.29, 0.717) is 0 Å². The lowest BCUT2D eigenvalue weighted by Gasteiger charge is -2.13. The number of rotatable bonds is 3. The van der Waals surface area contributed by atoms with E-state index in [0.717, 1.165) is 33.6 Å². The molecule has 0 aliphatic heterocycles. The standard InChI is InChI=1S/C23H19NO/c1-15-12-13-18(14-16(15)2)24-22-19-10-6-7-11-20(19)23(25)21(22)17-8-4-3-5-9-17/h3-14,24H,1-2H3. The van der Waals surface area contributed by atoms with Gasteiger partial charge in [-0.15, -0.1) is 0 Å². The van der Waals surface area contributed by atoms with Crippen LogP contribution in [0, 0.1) is 13.8 Å². The number of benzene rings is 3. The van der Waals surface area contributed by atoms with E-state index in [1.807, 2.05) is 54.6 Å². The molecule has 0 amide bonds. The number of allylic oxidation sites excluding steroid dienone is 1. The van der Waals surface area contributed by atoms with Crippen LogP contribution in [0.2, 0.25) is 0 Å². The molecule has 122 valence electrons. The summed E-state index contributed by atoms with van der Waals surface area (Å²) in [6.45, 7) is 4.20. The summed E-state index contributed by atoms with van der Waals surface area (Å²) >= 11 is 0. The number of carbonyl (C=O) groups excluding carboxylic acids is 1. The van der Waals surface area contributed by atoms with Crippen LogP contribution >= 0.6 is 0 Å². The SMILES string of the molecule is Cc1ccc(NC2=C(c3ccccc3)C(=O)c3ccccc32)cc1C. The minimum atomic E-state index is 0.0770. The van der Waals surface area contributed by atoms with Crippen LogP contribution in [0.15, 0.2) is 72.8 Å². The van der Waals surface area contributed by atoms with Crippen molar-refractivity contribution in [2.45, 2.75) is 13.8 Å². The van der Waals surface area contributed by atoms with E-state index >= 15 is 0 Å². The number of anilines is 1. The maximum Gasteiger partial charge on any atom is 0.196 e. The Kier molecular flexibility index (Phi) is 3.73. The van der Waals surface area contributed by atoms with E-state index in [9.17, 15) is 4.79 Å². The Balaban J connectivity index is 1.88. The van der Waals surface area contributed by atoms with Crippen LogP contribution in [0.4, 0.5) is 5.69 Å². The molecule has 0 saturated carbocycles. The highest BCUT2D eigenvalue weighted by Gasteiger charge is 2.30. The second kappa shape index (κ2) is 6.06. The lowest BCUT2D eigenvalue weighted by molar-refractivity contribution is 0.105. The Bertz CT molecular complexity index is 1000. The number of nitrogens with one attached hydrogen (secondary N) is 1. The second-order valence-electron chi connectivity index (χ2n) is 6.41. The van der Waals surface area contributed by atoms with Crippen molar-refractivity contribution in [2.75, 3.05) is 5.32 Å². The fourth-order valence-electron chi connectivity index (χ4n) is 3.26. The minimum absolute atomic E-state index is 0.0770. The zero-order chi connectivity index (χ0) is 17.4. The molecule has 0 bridgehead atoms. The quantitative estimate of drug-likeness (QED) is 0.691. The highest BCUT2D eigenvalue weighted by molar-refractivity contribution is 6.40. The summed E-state index contributed by atoms with van der Waals surface area (Å²) in [5, 5.41) is 3.50. The highest BCUT2D eigenvalue weighted by Crippen LogP contribution is 2.38. The summed E-state index contributed by atoms with van der Waals surface area (Å²) in [6.07, 6.45) is 0. The second-order valence-corrected chi connectivity index (χ2v) is 6.41. The van der Waals surface area contributed by atoms with Gasteiger partial charge in [-0.1, -0.05) is 60.7 Å². The first-order valence-corrected chi connectivity index (χ1v) is 8.43. The summed E-state index contributed by atoms with van der Waals surface area (Å²) in [5.74, 6) is 0.0770. The normalized spacial score (nSPS) is 13.1. The molecule has 0 unspecified atom stereocenters. The van der Waals surface area contributed by atoms with Crippen molar-refractivity contribution in [3.05, 3.63) is 101 Å². The number of Topliss-reactive ketones (excluding diaryl/α,β-unsaturated/α-hetero) is 1. The Morgan fingerprint density at radius 3 is 2.12 bits per heavy atom. The predicted molar refractivity (Wildman–Crippen MR) is 104 cm³/mol. The van der Waals surface area contributed by atoms with Gasteiger partial charge in [-0.25, -0.2) is 0 Å². The summed E-state index contributed by atoms with van der Waals surface area (Å²) in [6, 6.07) is 23.9. The first kappa shape index (κ1) is 15.4. The van der Waals surface area contributed by atoms with Gasteiger partial charge in [0.05, 0.1) is 11.3 Å². The number of ketones is 1. The van der Waals surface area contributed by atoms with Gasteiger partial charge in [0.1, 0.15) is 0 Å². The van der Waals surface area contributed by atoms with Crippen molar-refractivity contribution in [3.63, 3.8) is 0 Å². The largest absolute Gasteiger partial charge is 0.354 e. The molecular formula is C23H19NO. The number of hydrogen-bond acceptors (Lipinski definition) is 2. The van der Waals surface area contributed by atoms with Crippen molar-refractivity contribution in [2.24, 2.45) is 0 Å². The van der Waals surface area contributed by atoms with E-state index in [2.05, 4.69) is 37.4 Å². The van der Waals surface area contributed by atoms with Crippen molar-refractivity contribution >= 4 is 22.7 Å². The molecule has 3 aromatic carbocycles. The summed E-state index contributed by atoms with van der Waals surface area (Å²) in [7, 11) is 0. The van der Waals surface area contributed by atoms with Crippen molar-refractivity contribution in [3.8, 4) is 0 Å². The molecule has 2 nitrogen and oxygen atoms in total. The zero-order valence-electron chi connectivity index (χ0n) is 14.3. The smallest absolute Gasteiger partial charge is 0.196 e. The van der Waals surface area contributed by atoms with Gasteiger partial charge < -0.3 is 5.32 Å². The van der Waals surface area contributed by atoms with Crippen LogP contribution in [0.1, 0.15) is 32.6 Å². The van der Waals surface area contributed by atoms with Gasteiger partial charge in [0.15, 0.2) is 5.78 Å². The van der Waals surface area contributed by atoms with Gasteiger partial charge in [-0.3, -0.25) is 4.79 Å². The molecule has 2 heteroatoms. The first-order valence-electron chi connectivity index (χ1n) is 8.43. The van der Waals surface area contributed by atoms with Crippen LogP contribution in [0.3, 0.4) is 0 Å². The van der Waals surface area contributed by atoms with Crippen LogP contribution in [0.5, 0.6) is 0 Å². The summed E-state index contributed by atoms with van der Waals surface area (Å²) < 4.78 is 0.